The van der Waals surface area contributed by atoms with Gasteiger partial charge >= 0.3 is 5.63 Å². The van der Waals surface area contributed by atoms with Gasteiger partial charge in [-0.2, -0.15) is 0 Å². The van der Waals surface area contributed by atoms with Crippen molar-refractivity contribution >= 4 is 34.3 Å². The first-order valence-corrected chi connectivity index (χ1v) is 10.8. The van der Waals surface area contributed by atoms with E-state index in [0.29, 0.717) is 27.5 Å². The Morgan fingerprint density at radius 3 is 2.77 bits per heavy atom. The van der Waals surface area contributed by atoms with E-state index >= 15 is 0 Å². The Morgan fingerprint density at radius 2 is 1.97 bits per heavy atom. The zero-order chi connectivity index (χ0) is 21.1. The third kappa shape index (κ3) is 4.68. The van der Waals surface area contributed by atoms with Crippen LogP contribution < -0.4 is 10.4 Å². The molecule has 2 heterocycles. The monoisotopic (exact) mass is 442 g/mol. The van der Waals surface area contributed by atoms with Crippen LogP contribution in [0.5, 0.6) is 5.75 Å². The maximum atomic E-state index is 12.0. The normalized spacial score (nSPS) is 11.2. The minimum atomic E-state index is -0.403. The van der Waals surface area contributed by atoms with E-state index < -0.39 is 5.63 Å². The largest absolute Gasteiger partial charge is 0.484 e. The van der Waals surface area contributed by atoms with E-state index in [1.807, 2.05) is 50.2 Å². The van der Waals surface area contributed by atoms with Gasteiger partial charge in [0.1, 0.15) is 11.3 Å². The van der Waals surface area contributed by atoms with Crippen molar-refractivity contribution in [2.45, 2.75) is 37.9 Å². The summed E-state index contributed by atoms with van der Waals surface area (Å²) in [5.41, 5.74) is 2.97. The van der Waals surface area contributed by atoms with Crippen LogP contribution in [-0.2, 0) is 18.8 Å². The fraction of sp³-hybridized carbons (Fsp3) is 0.227. The van der Waals surface area contributed by atoms with Crippen molar-refractivity contribution in [1.29, 1.82) is 0 Å². The number of nitrogens with zero attached hydrogens (tertiary/aromatic N) is 2. The fourth-order valence-electron chi connectivity index (χ4n) is 3.02. The molecule has 0 N–H and O–H groups in total. The third-order valence-electron chi connectivity index (χ3n) is 4.53. The molecule has 0 atom stereocenters. The topological polar surface area (TPSA) is 78.4 Å². The number of benzene rings is 2. The second-order valence-corrected chi connectivity index (χ2v) is 8.07. The molecule has 0 unspecified atom stereocenters. The maximum absolute atomic E-state index is 12.0. The van der Waals surface area contributed by atoms with Crippen LogP contribution in [0, 0.1) is 6.92 Å². The van der Waals surface area contributed by atoms with E-state index in [9.17, 15) is 4.79 Å². The first-order valence-electron chi connectivity index (χ1n) is 9.41. The van der Waals surface area contributed by atoms with Crippen molar-refractivity contribution in [3.8, 4) is 5.75 Å². The molecule has 2 aromatic heterocycles. The Labute approximate surface area is 182 Å². The van der Waals surface area contributed by atoms with Gasteiger partial charge in [0, 0.05) is 22.2 Å². The van der Waals surface area contributed by atoms with E-state index in [1.165, 1.54) is 17.8 Å². The second-order valence-electron chi connectivity index (χ2n) is 6.74. The van der Waals surface area contributed by atoms with Gasteiger partial charge < -0.3 is 13.6 Å². The molecule has 6 nitrogen and oxygen atoms in total. The first kappa shape index (κ1) is 20.5. The summed E-state index contributed by atoms with van der Waals surface area (Å²) < 4.78 is 16.7. The zero-order valence-electron chi connectivity index (χ0n) is 16.5. The van der Waals surface area contributed by atoms with Crippen molar-refractivity contribution in [2.24, 2.45) is 0 Å². The summed E-state index contributed by atoms with van der Waals surface area (Å²) in [7, 11) is 0. The Bertz CT molecular complexity index is 1250. The molecule has 0 spiro atoms. The lowest BCUT2D eigenvalue weighted by Gasteiger charge is -2.07. The van der Waals surface area contributed by atoms with Gasteiger partial charge in [0.15, 0.2) is 6.61 Å². The van der Waals surface area contributed by atoms with E-state index in [-0.39, 0.29) is 6.61 Å². The number of fused-ring (bicyclic) bond motifs is 1. The predicted molar refractivity (Wildman–Crippen MR) is 116 cm³/mol. The molecule has 8 heteroatoms. The minimum absolute atomic E-state index is 0.185. The number of rotatable bonds is 7. The van der Waals surface area contributed by atoms with Gasteiger partial charge in [-0.3, -0.25) is 0 Å². The molecule has 0 aliphatic heterocycles. The molecule has 0 bridgehead atoms. The van der Waals surface area contributed by atoms with E-state index in [2.05, 4.69) is 10.2 Å². The number of aromatic nitrogens is 2. The average Bonchev–Trinajstić information content (AvgIpc) is 3.18. The van der Waals surface area contributed by atoms with Crippen LogP contribution in [0.4, 0.5) is 0 Å². The van der Waals surface area contributed by atoms with E-state index in [4.69, 9.17) is 25.2 Å². The third-order valence-corrected chi connectivity index (χ3v) is 5.75. The van der Waals surface area contributed by atoms with Crippen molar-refractivity contribution in [2.75, 3.05) is 0 Å². The van der Waals surface area contributed by atoms with Crippen LogP contribution in [0.2, 0.25) is 5.02 Å². The van der Waals surface area contributed by atoms with Gasteiger partial charge in [0.2, 0.25) is 0 Å². The van der Waals surface area contributed by atoms with Crippen molar-refractivity contribution in [1.82, 2.24) is 10.2 Å². The number of halogens is 1. The van der Waals surface area contributed by atoms with Crippen LogP contribution in [-0.4, -0.2) is 10.2 Å². The molecule has 0 radical (unpaired) electrons. The molecule has 0 fully saturated rings. The van der Waals surface area contributed by atoms with Crippen LogP contribution >= 0.6 is 23.4 Å². The Morgan fingerprint density at radius 1 is 1.10 bits per heavy atom. The molecule has 4 rings (SSSR count). The molecule has 154 valence electrons. The van der Waals surface area contributed by atoms with Gasteiger partial charge in [-0.05, 0) is 54.3 Å². The minimum Gasteiger partial charge on any atom is -0.484 e. The first-order chi connectivity index (χ1) is 14.5. The lowest BCUT2D eigenvalue weighted by Crippen LogP contribution is -2.00. The Balaban J connectivity index is 1.47. The zero-order valence-corrected chi connectivity index (χ0v) is 18.0. The second kappa shape index (κ2) is 8.93. The van der Waals surface area contributed by atoms with Crippen LogP contribution in [0.25, 0.3) is 11.0 Å². The van der Waals surface area contributed by atoms with E-state index in [0.717, 1.165) is 34.2 Å². The molecule has 0 aliphatic carbocycles. The fourth-order valence-corrected chi connectivity index (χ4v) is 4.09. The highest BCUT2D eigenvalue weighted by Gasteiger charge is 2.13. The SMILES string of the molecule is CCc1cc2oc(=O)cc(CSc3nnc(COc4cccc(C)c4)o3)c2cc1Cl. The molecule has 4 aromatic rings. The van der Waals surface area contributed by atoms with Crippen LogP contribution in [0.15, 0.2) is 61.3 Å². The summed E-state index contributed by atoms with van der Waals surface area (Å²) >= 11 is 7.69. The highest BCUT2D eigenvalue weighted by Crippen LogP contribution is 2.30. The summed E-state index contributed by atoms with van der Waals surface area (Å²) in [5, 5.41) is 9.91. The van der Waals surface area contributed by atoms with Crippen molar-refractivity contribution in [3.05, 3.63) is 80.5 Å². The van der Waals surface area contributed by atoms with Crippen LogP contribution in [0.1, 0.15) is 29.5 Å². The van der Waals surface area contributed by atoms with Crippen molar-refractivity contribution < 1.29 is 13.6 Å². The van der Waals surface area contributed by atoms with Crippen LogP contribution in [0.3, 0.4) is 0 Å². The average molecular weight is 443 g/mol. The number of hydrogen-bond acceptors (Lipinski definition) is 7. The summed E-state index contributed by atoms with van der Waals surface area (Å²) in [6.07, 6.45) is 0.757. The summed E-state index contributed by atoms with van der Waals surface area (Å²) in [4.78, 5) is 12.0. The van der Waals surface area contributed by atoms with Gasteiger partial charge in [-0.1, -0.05) is 42.4 Å². The maximum Gasteiger partial charge on any atom is 0.336 e. The molecule has 30 heavy (non-hydrogen) atoms. The van der Waals surface area contributed by atoms with Gasteiger partial charge in [-0.15, -0.1) is 10.2 Å². The van der Waals surface area contributed by atoms with Crippen molar-refractivity contribution in [3.63, 3.8) is 0 Å². The molecular weight excluding hydrogens is 424 g/mol. The van der Waals surface area contributed by atoms with Gasteiger partial charge in [0.05, 0.1) is 0 Å². The Kier molecular flexibility index (Phi) is 6.11. The number of aryl methyl sites for hydroxylation is 2. The Hall–Kier alpha value is -2.77. The number of hydrogen-bond donors (Lipinski definition) is 0. The number of thioether (sulfide) groups is 1. The molecule has 0 saturated heterocycles. The van der Waals surface area contributed by atoms with Gasteiger partial charge in [0.25, 0.3) is 11.1 Å². The molecular formula is C22H19ClN2O4S. The summed E-state index contributed by atoms with van der Waals surface area (Å²) in [6.45, 7) is 4.18. The summed E-state index contributed by atoms with van der Waals surface area (Å²) in [6, 6.07) is 12.9. The molecule has 0 saturated carbocycles. The van der Waals surface area contributed by atoms with Gasteiger partial charge in [-0.25, -0.2) is 4.79 Å². The molecule has 2 aromatic carbocycles. The molecule has 0 aliphatic rings. The molecule has 0 amide bonds. The standard InChI is InChI=1S/C22H19ClN2O4S/c1-3-14-8-19-17(10-18(14)23)15(9-21(26)28-19)12-30-22-25-24-20(29-22)11-27-16-6-4-5-13(2)7-16/h4-10H,3,11-12H2,1-2H3. The summed E-state index contributed by atoms with van der Waals surface area (Å²) in [5.74, 6) is 1.59. The highest BCUT2D eigenvalue weighted by atomic mass is 35.5. The van der Waals surface area contributed by atoms with E-state index in [1.54, 1.807) is 0 Å². The lowest BCUT2D eigenvalue weighted by molar-refractivity contribution is 0.252. The highest BCUT2D eigenvalue weighted by molar-refractivity contribution is 7.98. The quantitative estimate of drug-likeness (QED) is 0.273. The smallest absolute Gasteiger partial charge is 0.336 e. The predicted octanol–water partition coefficient (Wildman–Crippen LogP) is 5.57. The lowest BCUT2D eigenvalue weighted by atomic mass is 10.1. The number of ether oxygens (including phenoxy) is 1.